The number of benzene rings is 1. The monoisotopic (exact) mass is 227 g/mol. The van der Waals surface area contributed by atoms with Crippen molar-refractivity contribution in [1.82, 2.24) is 0 Å². The molecule has 0 saturated heterocycles. The standard InChI is InChI=1S/C11H17NO2S/c1-3-15(13,14)9-8-12-11-7-5-4-6-10(11)2/h4-7,12H,3,8-9H2,1-2H3. The van der Waals surface area contributed by atoms with Crippen molar-refractivity contribution in [2.75, 3.05) is 23.4 Å². The third-order valence-corrected chi connectivity index (χ3v) is 4.02. The van der Waals surface area contributed by atoms with E-state index in [2.05, 4.69) is 5.32 Å². The summed E-state index contributed by atoms with van der Waals surface area (Å²) in [6.07, 6.45) is 0. The molecule has 0 aliphatic rings. The lowest BCUT2D eigenvalue weighted by atomic mass is 10.2. The molecule has 1 aromatic rings. The second kappa shape index (κ2) is 5.16. The van der Waals surface area contributed by atoms with Crippen LogP contribution in [0.15, 0.2) is 24.3 Å². The van der Waals surface area contributed by atoms with Crippen LogP contribution in [0.1, 0.15) is 12.5 Å². The summed E-state index contributed by atoms with van der Waals surface area (Å²) in [5.74, 6) is 0.403. The van der Waals surface area contributed by atoms with Gasteiger partial charge in [0.25, 0.3) is 0 Å². The van der Waals surface area contributed by atoms with E-state index in [1.165, 1.54) is 0 Å². The molecule has 1 rings (SSSR count). The van der Waals surface area contributed by atoms with Gasteiger partial charge in [-0.1, -0.05) is 25.1 Å². The fraction of sp³-hybridized carbons (Fsp3) is 0.455. The van der Waals surface area contributed by atoms with Crippen LogP contribution in [0.25, 0.3) is 0 Å². The predicted octanol–water partition coefficient (Wildman–Crippen LogP) is 1.84. The smallest absolute Gasteiger partial charge is 0.151 e. The first-order valence-electron chi connectivity index (χ1n) is 5.05. The van der Waals surface area contributed by atoms with Crippen molar-refractivity contribution in [3.63, 3.8) is 0 Å². The summed E-state index contributed by atoms with van der Waals surface area (Å²) in [6.45, 7) is 4.14. The second-order valence-electron chi connectivity index (χ2n) is 3.48. The molecule has 84 valence electrons. The van der Waals surface area contributed by atoms with Crippen molar-refractivity contribution in [3.05, 3.63) is 29.8 Å². The molecule has 0 radical (unpaired) electrons. The topological polar surface area (TPSA) is 46.2 Å². The van der Waals surface area contributed by atoms with E-state index in [4.69, 9.17) is 0 Å². The van der Waals surface area contributed by atoms with Crippen LogP contribution < -0.4 is 5.32 Å². The molecule has 0 fully saturated rings. The molecule has 0 aliphatic heterocycles. The van der Waals surface area contributed by atoms with Crippen LogP contribution in [0, 0.1) is 6.92 Å². The van der Waals surface area contributed by atoms with Gasteiger partial charge in [0.15, 0.2) is 9.84 Å². The van der Waals surface area contributed by atoms with Gasteiger partial charge in [-0.2, -0.15) is 0 Å². The normalized spacial score (nSPS) is 11.3. The van der Waals surface area contributed by atoms with Gasteiger partial charge >= 0.3 is 0 Å². The van der Waals surface area contributed by atoms with Crippen molar-refractivity contribution >= 4 is 15.5 Å². The zero-order valence-electron chi connectivity index (χ0n) is 9.16. The van der Waals surface area contributed by atoms with Gasteiger partial charge in [-0.15, -0.1) is 0 Å². The SMILES string of the molecule is CCS(=O)(=O)CCNc1ccccc1C. The largest absolute Gasteiger partial charge is 0.384 e. The van der Waals surface area contributed by atoms with Crippen molar-refractivity contribution in [3.8, 4) is 0 Å². The Morgan fingerprint density at radius 3 is 2.53 bits per heavy atom. The van der Waals surface area contributed by atoms with Crippen molar-refractivity contribution in [2.45, 2.75) is 13.8 Å². The van der Waals surface area contributed by atoms with E-state index in [1.54, 1.807) is 6.92 Å². The quantitative estimate of drug-likeness (QED) is 0.835. The fourth-order valence-electron chi connectivity index (χ4n) is 1.26. The zero-order chi connectivity index (χ0) is 11.3. The number of sulfone groups is 1. The number of anilines is 1. The van der Waals surface area contributed by atoms with Crippen LogP contribution in [0.4, 0.5) is 5.69 Å². The Morgan fingerprint density at radius 1 is 1.27 bits per heavy atom. The molecule has 1 aromatic carbocycles. The van der Waals surface area contributed by atoms with Crippen LogP contribution in [-0.2, 0) is 9.84 Å². The van der Waals surface area contributed by atoms with E-state index < -0.39 is 9.84 Å². The highest BCUT2D eigenvalue weighted by Gasteiger charge is 2.06. The van der Waals surface area contributed by atoms with Crippen LogP contribution in [0.5, 0.6) is 0 Å². The predicted molar refractivity (Wildman–Crippen MR) is 64.0 cm³/mol. The molecule has 0 unspecified atom stereocenters. The molecule has 0 atom stereocenters. The van der Waals surface area contributed by atoms with E-state index >= 15 is 0 Å². The van der Waals surface area contributed by atoms with Crippen molar-refractivity contribution in [2.24, 2.45) is 0 Å². The van der Waals surface area contributed by atoms with Crippen LogP contribution in [-0.4, -0.2) is 26.5 Å². The van der Waals surface area contributed by atoms with E-state index in [1.807, 2.05) is 31.2 Å². The van der Waals surface area contributed by atoms with Crippen LogP contribution in [0.3, 0.4) is 0 Å². The third kappa shape index (κ3) is 3.91. The average Bonchev–Trinajstić information content (AvgIpc) is 2.21. The van der Waals surface area contributed by atoms with Gasteiger partial charge in [0.05, 0.1) is 5.75 Å². The van der Waals surface area contributed by atoms with Gasteiger partial charge in [0.1, 0.15) is 0 Å². The highest BCUT2D eigenvalue weighted by Crippen LogP contribution is 2.12. The Hall–Kier alpha value is -1.03. The molecule has 0 heterocycles. The summed E-state index contributed by atoms with van der Waals surface area (Å²) >= 11 is 0. The molecule has 0 aromatic heterocycles. The Labute approximate surface area is 91.4 Å². The summed E-state index contributed by atoms with van der Waals surface area (Å²) in [7, 11) is -2.86. The summed E-state index contributed by atoms with van der Waals surface area (Å²) in [5, 5.41) is 3.12. The molecule has 1 N–H and O–H groups in total. The molecule has 4 heteroatoms. The van der Waals surface area contributed by atoms with Crippen LogP contribution >= 0.6 is 0 Å². The number of para-hydroxylation sites is 1. The minimum atomic E-state index is -2.86. The number of nitrogens with one attached hydrogen (secondary N) is 1. The molecule has 0 saturated carbocycles. The molecule has 3 nitrogen and oxygen atoms in total. The molecule has 0 bridgehead atoms. The van der Waals surface area contributed by atoms with E-state index in [-0.39, 0.29) is 11.5 Å². The highest BCUT2D eigenvalue weighted by atomic mass is 32.2. The Balaban J connectivity index is 2.49. The Kier molecular flexibility index (Phi) is 4.15. The van der Waals surface area contributed by atoms with E-state index in [9.17, 15) is 8.42 Å². The van der Waals surface area contributed by atoms with Gasteiger partial charge in [0.2, 0.25) is 0 Å². The van der Waals surface area contributed by atoms with Crippen LogP contribution in [0.2, 0.25) is 0 Å². The summed E-state index contributed by atoms with van der Waals surface area (Å²) in [5.41, 5.74) is 2.13. The third-order valence-electron chi connectivity index (χ3n) is 2.31. The lowest BCUT2D eigenvalue weighted by molar-refractivity contribution is 0.597. The fourth-order valence-corrected chi connectivity index (χ4v) is 1.96. The van der Waals surface area contributed by atoms with Gasteiger partial charge in [0, 0.05) is 18.0 Å². The molecule has 0 amide bonds. The van der Waals surface area contributed by atoms with Crippen molar-refractivity contribution in [1.29, 1.82) is 0 Å². The summed E-state index contributed by atoms with van der Waals surface area (Å²) < 4.78 is 22.5. The molecule has 15 heavy (non-hydrogen) atoms. The number of rotatable bonds is 5. The van der Waals surface area contributed by atoms with Gasteiger partial charge in [-0.25, -0.2) is 8.42 Å². The summed E-state index contributed by atoms with van der Waals surface area (Å²) in [6, 6.07) is 7.84. The lowest BCUT2D eigenvalue weighted by Crippen LogP contribution is -2.17. The first-order valence-corrected chi connectivity index (χ1v) is 6.87. The Bertz CT molecular complexity index is 412. The maximum atomic E-state index is 11.2. The maximum Gasteiger partial charge on any atom is 0.151 e. The highest BCUT2D eigenvalue weighted by molar-refractivity contribution is 7.91. The Morgan fingerprint density at radius 2 is 1.93 bits per heavy atom. The first kappa shape index (κ1) is 12.0. The average molecular weight is 227 g/mol. The zero-order valence-corrected chi connectivity index (χ0v) is 9.97. The van der Waals surface area contributed by atoms with E-state index in [0.29, 0.717) is 6.54 Å². The van der Waals surface area contributed by atoms with E-state index in [0.717, 1.165) is 11.3 Å². The van der Waals surface area contributed by atoms with Gasteiger partial charge in [-0.05, 0) is 18.6 Å². The minimum Gasteiger partial charge on any atom is -0.384 e. The maximum absolute atomic E-state index is 11.2. The number of aryl methyl sites for hydroxylation is 1. The van der Waals surface area contributed by atoms with Gasteiger partial charge in [-0.3, -0.25) is 0 Å². The summed E-state index contributed by atoms with van der Waals surface area (Å²) in [4.78, 5) is 0. The number of hydrogen-bond acceptors (Lipinski definition) is 3. The van der Waals surface area contributed by atoms with Gasteiger partial charge < -0.3 is 5.32 Å². The molecular formula is C11H17NO2S. The second-order valence-corrected chi connectivity index (χ2v) is 5.95. The minimum absolute atomic E-state index is 0.192. The molecule has 0 aliphatic carbocycles. The number of hydrogen-bond donors (Lipinski definition) is 1. The lowest BCUT2D eigenvalue weighted by Gasteiger charge is -2.08. The van der Waals surface area contributed by atoms with Crippen molar-refractivity contribution < 1.29 is 8.42 Å². The molecular weight excluding hydrogens is 210 g/mol. The first-order chi connectivity index (χ1) is 7.05. The molecule has 0 spiro atoms.